The van der Waals surface area contributed by atoms with E-state index in [9.17, 15) is 9.59 Å². The van der Waals surface area contributed by atoms with Crippen molar-refractivity contribution in [3.05, 3.63) is 0 Å². The zero-order valence-corrected chi connectivity index (χ0v) is 6.60. The van der Waals surface area contributed by atoms with Gasteiger partial charge in [0.2, 0.25) is 0 Å². The van der Waals surface area contributed by atoms with E-state index in [0.29, 0.717) is 19.8 Å². The summed E-state index contributed by atoms with van der Waals surface area (Å²) in [5.74, 6) is 0. The number of amides is 1. The summed E-state index contributed by atoms with van der Waals surface area (Å²) in [4.78, 5) is 22.0. The fraction of sp³-hybridized carbons (Fsp3) is 0.714. The summed E-state index contributed by atoms with van der Waals surface area (Å²) in [6, 6.07) is -0.297. The number of hydrogen-bond acceptors (Lipinski definition) is 3. The van der Waals surface area contributed by atoms with E-state index in [2.05, 4.69) is 0 Å². The molecular formula is C7H11NO4. The van der Waals surface area contributed by atoms with Gasteiger partial charge in [0.15, 0.2) is 0 Å². The van der Waals surface area contributed by atoms with E-state index < -0.39 is 6.09 Å². The van der Waals surface area contributed by atoms with E-state index in [0.717, 1.165) is 6.29 Å². The van der Waals surface area contributed by atoms with E-state index in [1.807, 2.05) is 0 Å². The van der Waals surface area contributed by atoms with Gasteiger partial charge >= 0.3 is 6.09 Å². The second kappa shape index (κ2) is 4.06. The fourth-order valence-electron chi connectivity index (χ4n) is 1.21. The van der Waals surface area contributed by atoms with Crippen LogP contribution in [0, 0.1) is 0 Å². The highest BCUT2D eigenvalue weighted by Gasteiger charge is 2.26. The van der Waals surface area contributed by atoms with Gasteiger partial charge < -0.3 is 19.5 Å². The maximum Gasteiger partial charge on any atom is 0.407 e. The Labute approximate surface area is 69.9 Å². The van der Waals surface area contributed by atoms with Crippen LogP contribution in [0.5, 0.6) is 0 Å². The molecule has 1 unspecified atom stereocenters. The number of carboxylic acid groups (broad SMARTS) is 1. The Hall–Kier alpha value is -1.10. The lowest BCUT2D eigenvalue weighted by Gasteiger charge is -2.32. The standard InChI is InChI=1S/C7H11NO4/c9-3-1-6-5-12-4-2-8(6)7(10)11/h3,6H,1-2,4-5H2,(H,10,11). The number of carbonyl (C=O) groups is 2. The third-order valence-electron chi connectivity index (χ3n) is 1.84. The summed E-state index contributed by atoms with van der Waals surface area (Å²) in [6.07, 6.45) is -0.0492. The van der Waals surface area contributed by atoms with Crippen molar-refractivity contribution < 1.29 is 19.4 Å². The highest BCUT2D eigenvalue weighted by molar-refractivity contribution is 5.66. The Morgan fingerprint density at radius 2 is 2.50 bits per heavy atom. The van der Waals surface area contributed by atoms with Gasteiger partial charge in [-0.15, -0.1) is 0 Å². The maximum atomic E-state index is 10.6. The first-order valence-corrected chi connectivity index (χ1v) is 3.76. The molecule has 1 N–H and O–H groups in total. The van der Waals surface area contributed by atoms with Gasteiger partial charge in [-0.2, -0.15) is 0 Å². The van der Waals surface area contributed by atoms with E-state index >= 15 is 0 Å². The Kier molecular flexibility index (Phi) is 3.04. The van der Waals surface area contributed by atoms with Crippen LogP contribution in [0.15, 0.2) is 0 Å². The molecule has 0 aromatic heterocycles. The van der Waals surface area contributed by atoms with Crippen LogP contribution in [0.3, 0.4) is 0 Å². The number of rotatable bonds is 2. The molecule has 1 fully saturated rings. The number of hydrogen-bond donors (Lipinski definition) is 1. The third kappa shape index (κ3) is 1.94. The smallest absolute Gasteiger partial charge is 0.407 e. The zero-order chi connectivity index (χ0) is 8.97. The predicted octanol–water partition coefficient (Wildman–Crippen LogP) is -0.0458. The molecule has 0 aliphatic carbocycles. The predicted molar refractivity (Wildman–Crippen MR) is 40.0 cm³/mol. The molecule has 12 heavy (non-hydrogen) atoms. The van der Waals surface area contributed by atoms with Gasteiger partial charge in [-0.1, -0.05) is 0 Å². The molecule has 0 radical (unpaired) electrons. The summed E-state index contributed by atoms with van der Waals surface area (Å²) < 4.78 is 5.05. The lowest BCUT2D eigenvalue weighted by atomic mass is 10.2. The second-order valence-corrected chi connectivity index (χ2v) is 2.61. The van der Waals surface area contributed by atoms with Gasteiger partial charge in [0, 0.05) is 13.0 Å². The number of nitrogens with zero attached hydrogens (tertiary/aromatic N) is 1. The van der Waals surface area contributed by atoms with Crippen LogP contribution in [0.25, 0.3) is 0 Å². The molecule has 1 aliphatic rings. The lowest BCUT2D eigenvalue weighted by Crippen LogP contribution is -2.48. The monoisotopic (exact) mass is 173 g/mol. The van der Waals surface area contributed by atoms with Gasteiger partial charge in [-0.3, -0.25) is 0 Å². The molecule has 5 heteroatoms. The largest absolute Gasteiger partial charge is 0.465 e. The first-order chi connectivity index (χ1) is 5.75. The molecule has 68 valence electrons. The highest BCUT2D eigenvalue weighted by atomic mass is 16.5. The Morgan fingerprint density at radius 1 is 1.75 bits per heavy atom. The van der Waals surface area contributed by atoms with Crippen molar-refractivity contribution in [2.75, 3.05) is 19.8 Å². The third-order valence-corrected chi connectivity index (χ3v) is 1.84. The SMILES string of the molecule is O=CCC1COCCN1C(=O)O. The zero-order valence-electron chi connectivity index (χ0n) is 6.60. The van der Waals surface area contributed by atoms with Crippen LogP contribution >= 0.6 is 0 Å². The number of morpholine rings is 1. The van der Waals surface area contributed by atoms with Crippen LogP contribution in [-0.4, -0.2) is 48.2 Å². The molecule has 1 rings (SSSR count). The van der Waals surface area contributed by atoms with Gasteiger partial charge in [0.25, 0.3) is 0 Å². The minimum absolute atomic E-state index is 0.215. The average molecular weight is 173 g/mol. The van der Waals surface area contributed by atoms with Crippen LogP contribution in [0.1, 0.15) is 6.42 Å². The first kappa shape index (κ1) is 8.99. The van der Waals surface area contributed by atoms with Crippen molar-refractivity contribution in [3.63, 3.8) is 0 Å². The Balaban J connectivity index is 2.53. The van der Waals surface area contributed by atoms with Gasteiger partial charge in [0.05, 0.1) is 19.3 Å². The minimum Gasteiger partial charge on any atom is -0.465 e. The molecule has 0 saturated carbocycles. The van der Waals surface area contributed by atoms with E-state index in [1.165, 1.54) is 4.90 Å². The van der Waals surface area contributed by atoms with Crippen molar-refractivity contribution in [2.24, 2.45) is 0 Å². The molecule has 1 atom stereocenters. The quantitative estimate of drug-likeness (QED) is 0.595. The van der Waals surface area contributed by atoms with Crippen LogP contribution < -0.4 is 0 Å². The number of ether oxygens (including phenoxy) is 1. The summed E-state index contributed by atoms with van der Waals surface area (Å²) in [5, 5.41) is 8.69. The van der Waals surface area contributed by atoms with Crippen molar-refractivity contribution in [1.82, 2.24) is 4.90 Å². The van der Waals surface area contributed by atoms with Crippen molar-refractivity contribution >= 4 is 12.4 Å². The molecule has 1 amide bonds. The Bertz CT molecular complexity index is 182. The lowest BCUT2D eigenvalue weighted by molar-refractivity contribution is -0.110. The first-order valence-electron chi connectivity index (χ1n) is 3.76. The molecule has 0 aromatic carbocycles. The second-order valence-electron chi connectivity index (χ2n) is 2.61. The van der Waals surface area contributed by atoms with Crippen molar-refractivity contribution in [2.45, 2.75) is 12.5 Å². The van der Waals surface area contributed by atoms with Crippen LogP contribution in [0.4, 0.5) is 4.79 Å². The van der Waals surface area contributed by atoms with Crippen molar-refractivity contribution in [1.29, 1.82) is 0 Å². The van der Waals surface area contributed by atoms with Gasteiger partial charge in [0.1, 0.15) is 6.29 Å². The summed E-state index contributed by atoms with van der Waals surface area (Å²) >= 11 is 0. The summed E-state index contributed by atoms with van der Waals surface area (Å²) in [5.41, 5.74) is 0. The average Bonchev–Trinajstić information content (AvgIpc) is 2.05. The normalized spacial score (nSPS) is 23.7. The highest BCUT2D eigenvalue weighted by Crippen LogP contribution is 2.08. The number of aldehydes is 1. The van der Waals surface area contributed by atoms with Crippen molar-refractivity contribution in [3.8, 4) is 0 Å². The van der Waals surface area contributed by atoms with Crippen LogP contribution in [0.2, 0.25) is 0 Å². The molecule has 0 aromatic rings. The minimum atomic E-state index is -0.981. The van der Waals surface area contributed by atoms with E-state index in [4.69, 9.17) is 9.84 Å². The van der Waals surface area contributed by atoms with E-state index in [-0.39, 0.29) is 12.5 Å². The molecule has 1 saturated heterocycles. The molecular weight excluding hydrogens is 162 g/mol. The molecule has 0 bridgehead atoms. The maximum absolute atomic E-state index is 10.6. The molecule has 1 heterocycles. The van der Waals surface area contributed by atoms with Gasteiger partial charge in [-0.25, -0.2) is 4.79 Å². The summed E-state index contributed by atoms with van der Waals surface area (Å²) in [7, 11) is 0. The van der Waals surface area contributed by atoms with Crippen LogP contribution in [-0.2, 0) is 9.53 Å². The molecule has 5 nitrogen and oxygen atoms in total. The molecule has 0 spiro atoms. The topological polar surface area (TPSA) is 66.8 Å². The fourth-order valence-corrected chi connectivity index (χ4v) is 1.21. The van der Waals surface area contributed by atoms with E-state index in [1.54, 1.807) is 0 Å². The molecule has 1 aliphatic heterocycles. The number of carbonyl (C=O) groups excluding carboxylic acids is 1. The Morgan fingerprint density at radius 3 is 3.08 bits per heavy atom. The van der Waals surface area contributed by atoms with Gasteiger partial charge in [-0.05, 0) is 0 Å². The summed E-state index contributed by atoms with van der Waals surface area (Å²) in [6.45, 7) is 1.10.